The molecule has 1 fully saturated rings. The van der Waals surface area contributed by atoms with Crippen molar-refractivity contribution in [3.63, 3.8) is 0 Å². The van der Waals surface area contributed by atoms with Gasteiger partial charge < -0.3 is 10.0 Å². The molecule has 2 aromatic rings. The van der Waals surface area contributed by atoms with Gasteiger partial charge in [0.25, 0.3) is 5.91 Å². The molecular weight excluding hydrogens is 292 g/mol. The van der Waals surface area contributed by atoms with Crippen LogP contribution in [0.3, 0.4) is 0 Å². The predicted octanol–water partition coefficient (Wildman–Crippen LogP) is 2.80. The van der Waals surface area contributed by atoms with E-state index in [0.29, 0.717) is 17.7 Å². The number of carboxylic acids is 1. The number of amides is 1. The molecule has 1 N–H and O–H groups in total. The summed E-state index contributed by atoms with van der Waals surface area (Å²) in [7, 11) is 0. The summed E-state index contributed by atoms with van der Waals surface area (Å²) in [6, 6.07) is 10.5. The lowest BCUT2D eigenvalue weighted by molar-refractivity contribution is 0.0687. The van der Waals surface area contributed by atoms with Crippen molar-refractivity contribution in [1.29, 1.82) is 0 Å². The van der Waals surface area contributed by atoms with E-state index in [1.165, 1.54) is 0 Å². The fraction of sp³-hybridized carbons (Fsp3) is 0.278. The van der Waals surface area contributed by atoms with Gasteiger partial charge in [-0.3, -0.25) is 9.78 Å². The van der Waals surface area contributed by atoms with Gasteiger partial charge in [-0.05, 0) is 42.7 Å². The summed E-state index contributed by atoms with van der Waals surface area (Å²) in [6.07, 6.45) is 5.10. The standard InChI is InChI=1S/C18H18N2O3/c21-17(15-6-2-8-19-11-15)20-9-3-7-16(12-20)13-4-1-5-14(10-13)18(22)23/h1-2,4-6,8,10-11,16H,3,7,9,12H2,(H,22,23)/t16-/m1/s1. The number of aromatic carboxylic acids is 1. The van der Waals surface area contributed by atoms with Crippen LogP contribution in [0, 0.1) is 0 Å². The van der Waals surface area contributed by atoms with E-state index in [4.69, 9.17) is 5.11 Å². The molecule has 1 aliphatic heterocycles. The van der Waals surface area contributed by atoms with Crippen LogP contribution >= 0.6 is 0 Å². The molecule has 1 aliphatic rings. The van der Waals surface area contributed by atoms with Gasteiger partial charge in [0.1, 0.15) is 0 Å². The summed E-state index contributed by atoms with van der Waals surface area (Å²) in [5, 5.41) is 9.13. The van der Waals surface area contributed by atoms with Gasteiger partial charge in [0.05, 0.1) is 11.1 Å². The third-order valence-electron chi connectivity index (χ3n) is 4.22. The molecule has 23 heavy (non-hydrogen) atoms. The number of piperidine rings is 1. The number of hydrogen-bond donors (Lipinski definition) is 1. The summed E-state index contributed by atoms with van der Waals surface area (Å²) in [5.41, 5.74) is 1.86. The largest absolute Gasteiger partial charge is 0.478 e. The van der Waals surface area contributed by atoms with E-state index in [1.807, 2.05) is 11.0 Å². The monoisotopic (exact) mass is 310 g/mol. The highest BCUT2D eigenvalue weighted by Crippen LogP contribution is 2.28. The Balaban J connectivity index is 1.77. The smallest absolute Gasteiger partial charge is 0.335 e. The Hall–Kier alpha value is -2.69. The molecule has 1 aromatic heterocycles. The van der Waals surface area contributed by atoms with Gasteiger partial charge in [-0.15, -0.1) is 0 Å². The van der Waals surface area contributed by atoms with E-state index in [2.05, 4.69) is 4.98 Å². The van der Waals surface area contributed by atoms with Crippen LogP contribution in [0.25, 0.3) is 0 Å². The first-order chi connectivity index (χ1) is 11.1. The maximum Gasteiger partial charge on any atom is 0.335 e. The van der Waals surface area contributed by atoms with Gasteiger partial charge >= 0.3 is 5.97 Å². The lowest BCUT2D eigenvalue weighted by Gasteiger charge is -2.33. The molecule has 3 rings (SSSR count). The maximum absolute atomic E-state index is 12.5. The average Bonchev–Trinajstić information content (AvgIpc) is 2.62. The molecule has 1 aromatic carbocycles. The highest BCUT2D eigenvalue weighted by atomic mass is 16.4. The van der Waals surface area contributed by atoms with Gasteiger partial charge in [-0.2, -0.15) is 0 Å². The van der Waals surface area contributed by atoms with Gasteiger partial charge in [0.2, 0.25) is 0 Å². The van der Waals surface area contributed by atoms with E-state index in [1.54, 1.807) is 42.7 Å². The van der Waals surface area contributed by atoms with E-state index in [0.717, 1.165) is 24.9 Å². The van der Waals surface area contributed by atoms with Crippen LogP contribution < -0.4 is 0 Å². The third-order valence-corrected chi connectivity index (χ3v) is 4.22. The molecular formula is C18H18N2O3. The first kappa shape index (κ1) is 15.2. The molecule has 0 spiro atoms. The molecule has 1 amide bonds. The predicted molar refractivity (Wildman–Crippen MR) is 85.5 cm³/mol. The number of benzene rings is 1. The lowest BCUT2D eigenvalue weighted by atomic mass is 9.89. The third kappa shape index (κ3) is 3.39. The van der Waals surface area contributed by atoms with Crippen LogP contribution in [0.5, 0.6) is 0 Å². The highest BCUT2D eigenvalue weighted by molar-refractivity contribution is 5.94. The summed E-state index contributed by atoms with van der Waals surface area (Å²) in [6.45, 7) is 1.33. The van der Waals surface area contributed by atoms with Crippen molar-refractivity contribution >= 4 is 11.9 Å². The molecule has 1 saturated heterocycles. The molecule has 2 heterocycles. The zero-order valence-electron chi connectivity index (χ0n) is 12.7. The van der Waals surface area contributed by atoms with Crippen LogP contribution in [0.2, 0.25) is 0 Å². The van der Waals surface area contributed by atoms with E-state index in [9.17, 15) is 9.59 Å². The lowest BCUT2D eigenvalue weighted by Crippen LogP contribution is -2.39. The fourth-order valence-electron chi connectivity index (χ4n) is 3.03. The Kier molecular flexibility index (Phi) is 4.37. The molecule has 0 saturated carbocycles. The van der Waals surface area contributed by atoms with Crippen molar-refractivity contribution < 1.29 is 14.7 Å². The number of pyridine rings is 1. The van der Waals surface area contributed by atoms with Crippen molar-refractivity contribution in [2.45, 2.75) is 18.8 Å². The van der Waals surface area contributed by atoms with Gasteiger partial charge in [-0.25, -0.2) is 4.79 Å². The van der Waals surface area contributed by atoms with Crippen LogP contribution in [0.4, 0.5) is 0 Å². The van der Waals surface area contributed by atoms with Gasteiger partial charge in [-0.1, -0.05) is 12.1 Å². The number of likely N-dealkylation sites (tertiary alicyclic amines) is 1. The minimum Gasteiger partial charge on any atom is -0.478 e. The molecule has 1 atom stereocenters. The van der Waals surface area contributed by atoms with E-state index < -0.39 is 5.97 Å². The van der Waals surface area contributed by atoms with E-state index >= 15 is 0 Å². The van der Waals surface area contributed by atoms with Crippen molar-refractivity contribution in [2.75, 3.05) is 13.1 Å². The highest BCUT2D eigenvalue weighted by Gasteiger charge is 2.26. The first-order valence-electron chi connectivity index (χ1n) is 7.67. The molecule has 0 aliphatic carbocycles. The number of hydrogen-bond acceptors (Lipinski definition) is 3. The number of carboxylic acid groups (broad SMARTS) is 1. The van der Waals surface area contributed by atoms with Crippen LogP contribution in [0.15, 0.2) is 48.8 Å². The fourth-order valence-corrected chi connectivity index (χ4v) is 3.03. The summed E-state index contributed by atoms with van der Waals surface area (Å²) in [4.78, 5) is 29.5. The zero-order chi connectivity index (χ0) is 16.2. The molecule has 0 bridgehead atoms. The topological polar surface area (TPSA) is 70.5 Å². The van der Waals surface area contributed by atoms with Crippen LogP contribution in [-0.4, -0.2) is 40.0 Å². The van der Waals surface area contributed by atoms with Crippen LogP contribution in [0.1, 0.15) is 45.0 Å². The second-order valence-electron chi connectivity index (χ2n) is 5.76. The molecule has 0 unspecified atom stereocenters. The minimum atomic E-state index is -0.925. The Labute approximate surface area is 134 Å². The second-order valence-corrected chi connectivity index (χ2v) is 5.76. The van der Waals surface area contributed by atoms with Crippen molar-refractivity contribution in [2.24, 2.45) is 0 Å². The summed E-state index contributed by atoms with van der Waals surface area (Å²) >= 11 is 0. The summed E-state index contributed by atoms with van der Waals surface area (Å²) < 4.78 is 0. The molecule has 0 radical (unpaired) electrons. The van der Waals surface area contributed by atoms with Gasteiger partial charge in [0.15, 0.2) is 0 Å². The maximum atomic E-state index is 12.5. The zero-order valence-corrected chi connectivity index (χ0v) is 12.7. The normalized spacial score (nSPS) is 17.7. The van der Waals surface area contributed by atoms with Crippen molar-refractivity contribution in [3.05, 3.63) is 65.5 Å². The number of aromatic nitrogens is 1. The van der Waals surface area contributed by atoms with E-state index in [-0.39, 0.29) is 11.8 Å². The quantitative estimate of drug-likeness (QED) is 0.946. The van der Waals surface area contributed by atoms with Crippen molar-refractivity contribution in [3.8, 4) is 0 Å². The average molecular weight is 310 g/mol. The van der Waals surface area contributed by atoms with Crippen LogP contribution in [-0.2, 0) is 0 Å². The molecule has 118 valence electrons. The SMILES string of the molecule is O=C(O)c1cccc([C@@H]2CCCN(C(=O)c3cccnc3)C2)c1. The molecule has 5 heteroatoms. The van der Waals surface area contributed by atoms with Gasteiger partial charge in [0, 0.05) is 31.4 Å². The number of nitrogens with zero attached hydrogens (tertiary/aromatic N) is 2. The second kappa shape index (κ2) is 6.60. The number of carbonyl (C=O) groups excluding carboxylic acids is 1. The Morgan fingerprint density at radius 1 is 1.17 bits per heavy atom. The minimum absolute atomic E-state index is 0.0165. The number of rotatable bonds is 3. The molecule has 5 nitrogen and oxygen atoms in total. The number of carbonyl (C=O) groups is 2. The first-order valence-corrected chi connectivity index (χ1v) is 7.67. The Bertz CT molecular complexity index is 715. The Morgan fingerprint density at radius 3 is 2.74 bits per heavy atom. The summed E-state index contributed by atoms with van der Waals surface area (Å²) in [5.74, 6) is -0.771. The van der Waals surface area contributed by atoms with Crippen molar-refractivity contribution in [1.82, 2.24) is 9.88 Å². The Morgan fingerprint density at radius 2 is 2.00 bits per heavy atom.